The normalized spacial score (nSPS) is 50.7. The molecule has 0 radical (unpaired) electrons. The van der Waals surface area contributed by atoms with Crippen LogP contribution in [-0.4, -0.2) is 56.3 Å². The van der Waals surface area contributed by atoms with E-state index in [0.717, 1.165) is 0 Å². The van der Waals surface area contributed by atoms with Crippen molar-refractivity contribution in [1.82, 2.24) is 0 Å². The van der Waals surface area contributed by atoms with E-state index in [1.165, 1.54) is 12.2 Å². The van der Waals surface area contributed by atoms with Crippen LogP contribution in [-0.2, 0) is 9.59 Å². The molecule has 0 unspecified atom stereocenters. The Morgan fingerprint density at radius 2 is 1.97 bits per heavy atom. The molecular formula is C22H31FO6. The van der Waals surface area contributed by atoms with Gasteiger partial charge in [-0.1, -0.05) is 25.5 Å². The molecule has 3 saturated carbocycles. The lowest BCUT2D eigenvalue weighted by Gasteiger charge is -2.62. The van der Waals surface area contributed by atoms with Crippen LogP contribution in [0.15, 0.2) is 23.8 Å². The van der Waals surface area contributed by atoms with E-state index in [4.69, 9.17) is 0 Å². The first-order chi connectivity index (χ1) is 13.0. The number of hydrogen-bond donors (Lipinski definition) is 3. The van der Waals surface area contributed by atoms with E-state index >= 15 is 4.39 Å². The Labute approximate surface area is 169 Å². The first kappa shape index (κ1) is 22.3. The van der Waals surface area contributed by atoms with Crippen molar-refractivity contribution in [2.45, 2.75) is 63.8 Å². The summed E-state index contributed by atoms with van der Waals surface area (Å²) in [4.78, 5) is 24.4. The zero-order valence-electron chi connectivity index (χ0n) is 17.1. The summed E-state index contributed by atoms with van der Waals surface area (Å²) >= 11 is 0. The van der Waals surface area contributed by atoms with Crippen LogP contribution in [0, 0.1) is 28.6 Å². The van der Waals surface area contributed by atoms with Crippen molar-refractivity contribution >= 4 is 11.6 Å². The van der Waals surface area contributed by atoms with Gasteiger partial charge in [-0.3, -0.25) is 9.59 Å². The highest BCUT2D eigenvalue weighted by molar-refractivity contribution is 6.01. The zero-order chi connectivity index (χ0) is 20.7. The summed E-state index contributed by atoms with van der Waals surface area (Å²) < 4.78 is 16.9. The molecule has 0 aromatic heterocycles. The quantitative estimate of drug-likeness (QED) is 0.628. The predicted octanol–water partition coefficient (Wildman–Crippen LogP) is 1.07. The Morgan fingerprint density at radius 1 is 1.31 bits per heavy atom. The maximum atomic E-state index is 16.9. The molecule has 4 aliphatic carbocycles. The van der Waals surface area contributed by atoms with Crippen LogP contribution in [0.25, 0.3) is 0 Å². The first-order valence-electron chi connectivity index (χ1n) is 10.1. The summed E-state index contributed by atoms with van der Waals surface area (Å²) in [6, 6.07) is 0. The third-order valence-corrected chi connectivity index (χ3v) is 8.79. The number of rotatable bonds is 2. The van der Waals surface area contributed by atoms with Crippen molar-refractivity contribution in [1.29, 1.82) is 0 Å². The van der Waals surface area contributed by atoms with Gasteiger partial charge in [-0.2, -0.15) is 0 Å². The average Bonchev–Trinajstić information content (AvgIpc) is 2.84. The summed E-state index contributed by atoms with van der Waals surface area (Å²) in [6.45, 7) is 4.48. The largest absolute Gasteiger partial charge is 0.412 e. The molecule has 0 aromatic rings. The second kappa shape index (κ2) is 6.54. The van der Waals surface area contributed by atoms with E-state index in [-0.39, 0.29) is 23.6 Å². The molecule has 0 heterocycles. The number of allylic oxidation sites excluding steroid dienone is 4. The lowest BCUT2D eigenvalue weighted by molar-refractivity contribution is -0.219. The van der Waals surface area contributed by atoms with Crippen LogP contribution in [0.3, 0.4) is 0 Å². The van der Waals surface area contributed by atoms with Gasteiger partial charge in [0.25, 0.3) is 0 Å². The Balaban J connectivity index is 0.00000240. The summed E-state index contributed by atoms with van der Waals surface area (Å²) in [5.41, 5.74) is -5.17. The van der Waals surface area contributed by atoms with Gasteiger partial charge in [-0.05, 0) is 56.6 Å². The molecule has 7 heteroatoms. The molecule has 0 aromatic carbocycles. The predicted molar refractivity (Wildman–Crippen MR) is 104 cm³/mol. The van der Waals surface area contributed by atoms with E-state index in [9.17, 15) is 24.9 Å². The summed E-state index contributed by atoms with van der Waals surface area (Å²) in [7, 11) is 0. The minimum absolute atomic E-state index is 0. The van der Waals surface area contributed by atoms with Crippen molar-refractivity contribution in [2.24, 2.45) is 28.6 Å². The number of ketones is 2. The summed E-state index contributed by atoms with van der Waals surface area (Å²) in [5.74, 6) is -2.12. The lowest BCUT2D eigenvalue weighted by Crippen LogP contribution is -2.69. The molecule has 29 heavy (non-hydrogen) atoms. The number of halogens is 1. The van der Waals surface area contributed by atoms with Gasteiger partial charge < -0.3 is 20.8 Å². The molecule has 0 amide bonds. The van der Waals surface area contributed by atoms with E-state index in [1.54, 1.807) is 26.8 Å². The van der Waals surface area contributed by atoms with Crippen molar-refractivity contribution in [2.75, 3.05) is 6.61 Å². The molecule has 0 spiro atoms. The van der Waals surface area contributed by atoms with E-state index < -0.39 is 52.4 Å². The van der Waals surface area contributed by atoms with Gasteiger partial charge in [0.2, 0.25) is 0 Å². The first-order valence-corrected chi connectivity index (χ1v) is 10.1. The molecule has 0 saturated heterocycles. The number of Topliss-reactive ketones (excluding diaryl/α,β-unsaturated/α-hetero) is 1. The Bertz CT molecular complexity index is 807. The van der Waals surface area contributed by atoms with Gasteiger partial charge in [0.05, 0.1) is 6.10 Å². The third-order valence-electron chi connectivity index (χ3n) is 8.79. The number of aliphatic hydroxyl groups is 3. The lowest BCUT2D eigenvalue weighted by atomic mass is 9.44. The Kier molecular flexibility index (Phi) is 5.03. The van der Waals surface area contributed by atoms with E-state index in [2.05, 4.69) is 0 Å². The van der Waals surface area contributed by atoms with Gasteiger partial charge in [0.1, 0.15) is 12.2 Å². The number of carbonyl (C=O) groups excluding carboxylic acids is 2. The Morgan fingerprint density at radius 3 is 2.59 bits per heavy atom. The molecule has 0 bridgehead atoms. The molecule has 8 atom stereocenters. The SMILES string of the molecule is C[C@H]1C[C@H]2[C@@H]3CCC4=CC(=O)C=C[C@]4(C)[C@@]3(F)[C@@H](O)C[C@]2(C)[C@@]1(O)C(=O)CO.O. The van der Waals surface area contributed by atoms with Crippen LogP contribution in [0.1, 0.15) is 46.5 Å². The average molecular weight is 410 g/mol. The fourth-order valence-electron chi connectivity index (χ4n) is 7.26. The molecule has 162 valence electrons. The second-order valence-electron chi connectivity index (χ2n) is 9.75. The number of carbonyl (C=O) groups is 2. The Hall–Kier alpha value is -1.41. The van der Waals surface area contributed by atoms with Gasteiger partial charge in [-0.15, -0.1) is 0 Å². The summed E-state index contributed by atoms with van der Waals surface area (Å²) in [6.07, 6.45) is 4.44. The maximum Gasteiger partial charge on any atom is 0.190 e. The summed E-state index contributed by atoms with van der Waals surface area (Å²) in [5, 5.41) is 32.0. The number of fused-ring (bicyclic) bond motifs is 5. The van der Waals surface area contributed by atoms with Crippen LogP contribution >= 0.6 is 0 Å². The maximum absolute atomic E-state index is 16.9. The van der Waals surface area contributed by atoms with Crippen molar-refractivity contribution in [3.63, 3.8) is 0 Å². The van der Waals surface area contributed by atoms with Crippen molar-refractivity contribution < 1.29 is 34.8 Å². The molecule has 4 rings (SSSR count). The van der Waals surface area contributed by atoms with Crippen molar-refractivity contribution in [3.05, 3.63) is 23.8 Å². The highest BCUT2D eigenvalue weighted by atomic mass is 19.1. The minimum Gasteiger partial charge on any atom is -0.412 e. The van der Waals surface area contributed by atoms with Crippen molar-refractivity contribution in [3.8, 4) is 0 Å². The van der Waals surface area contributed by atoms with Crippen LogP contribution in [0.4, 0.5) is 4.39 Å². The molecule has 5 N–H and O–H groups in total. The molecule has 6 nitrogen and oxygen atoms in total. The highest BCUT2D eigenvalue weighted by Crippen LogP contribution is 2.70. The van der Waals surface area contributed by atoms with Gasteiger partial charge in [0, 0.05) is 16.7 Å². The van der Waals surface area contributed by atoms with E-state index in [0.29, 0.717) is 24.8 Å². The zero-order valence-corrected chi connectivity index (χ0v) is 17.1. The third kappa shape index (κ3) is 2.36. The van der Waals surface area contributed by atoms with Crippen LogP contribution < -0.4 is 0 Å². The molecule has 0 aliphatic heterocycles. The number of hydrogen-bond acceptors (Lipinski definition) is 5. The topological polar surface area (TPSA) is 126 Å². The number of alkyl halides is 1. The van der Waals surface area contributed by atoms with Gasteiger partial charge in [0.15, 0.2) is 17.2 Å². The highest BCUT2D eigenvalue weighted by Gasteiger charge is 2.75. The number of aliphatic hydroxyl groups excluding tert-OH is 2. The monoisotopic (exact) mass is 410 g/mol. The smallest absolute Gasteiger partial charge is 0.190 e. The molecule has 3 fully saturated rings. The fourth-order valence-corrected chi connectivity index (χ4v) is 7.26. The molecule has 4 aliphatic rings. The molecular weight excluding hydrogens is 379 g/mol. The van der Waals surface area contributed by atoms with Crippen LogP contribution in [0.5, 0.6) is 0 Å². The second-order valence-corrected chi connectivity index (χ2v) is 9.75. The fraction of sp³-hybridized carbons (Fsp3) is 0.727. The van der Waals surface area contributed by atoms with E-state index in [1.807, 2.05) is 0 Å². The van der Waals surface area contributed by atoms with Crippen LogP contribution in [0.2, 0.25) is 0 Å². The minimum atomic E-state index is -1.98. The van der Waals surface area contributed by atoms with Gasteiger partial charge >= 0.3 is 0 Å². The van der Waals surface area contributed by atoms with Gasteiger partial charge in [-0.25, -0.2) is 4.39 Å². The standard InChI is InChI=1S/C22H29FO5.H2O/c1-12-8-16-15-5-4-13-9-14(25)6-7-19(13,2)21(15,23)17(26)10-20(16,3)22(12,28)18(27)11-24;/h6-7,9,12,15-17,24,26,28H,4-5,8,10-11H2,1-3H3;1H2/t12-,15-,16-,17-,19-,20-,21-,22-;/m0./s1.